The molecule has 7 nitrogen and oxygen atoms in total. The first-order valence-corrected chi connectivity index (χ1v) is 10.3. The highest BCUT2D eigenvalue weighted by atomic mass is 16.5. The van der Waals surface area contributed by atoms with E-state index in [2.05, 4.69) is 10.3 Å². The van der Waals surface area contributed by atoms with E-state index in [9.17, 15) is 14.4 Å². The summed E-state index contributed by atoms with van der Waals surface area (Å²) in [4.78, 5) is 42.2. The topological polar surface area (TPSA) is 88.6 Å². The second-order valence-electron chi connectivity index (χ2n) is 7.62. The van der Waals surface area contributed by atoms with E-state index in [1.165, 1.54) is 10.5 Å². The molecule has 0 saturated heterocycles. The molecule has 0 aliphatic carbocycles. The summed E-state index contributed by atoms with van der Waals surface area (Å²) in [5.74, 6) is -0.00191. The molecule has 1 aromatic heterocycles. The molecular formula is C25H23N3O4. The van der Waals surface area contributed by atoms with Crippen LogP contribution in [0.5, 0.6) is 5.75 Å². The minimum absolute atomic E-state index is 0.0122. The number of benzene rings is 2. The van der Waals surface area contributed by atoms with Gasteiger partial charge in [-0.3, -0.25) is 19.4 Å². The monoisotopic (exact) mass is 429 g/mol. The quantitative estimate of drug-likeness (QED) is 0.580. The third kappa shape index (κ3) is 5.00. The molecule has 7 heteroatoms. The van der Waals surface area contributed by atoms with Crippen molar-refractivity contribution in [3.05, 3.63) is 83.7 Å². The van der Waals surface area contributed by atoms with Gasteiger partial charge in [0.1, 0.15) is 5.75 Å². The van der Waals surface area contributed by atoms with Crippen LogP contribution in [0.15, 0.2) is 67.0 Å². The maximum Gasteiger partial charge on any atom is 0.264 e. The Bertz CT molecular complexity index is 1140. The van der Waals surface area contributed by atoms with Crippen molar-refractivity contribution in [2.45, 2.75) is 19.3 Å². The summed E-state index contributed by atoms with van der Waals surface area (Å²) < 4.78 is 5.38. The van der Waals surface area contributed by atoms with Crippen LogP contribution < -0.4 is 15.0 Å². The Morgan fingerprint density at radius 2 is 1.72 bits per heavy atom. The van der Waals surface area contributed by atoms with E-state index in [-0.39, 0.29) is 37.0 Å². The minimum atomic E-state index is -0.228. The number of fused-ring (bicyclic) bond motifs is 1. The van der Waals surface area contributed by atoms with Crippen LogP contribution in [-0.4, -0.2) is 36.2 Å². The highest BCUT2D eigenvalue weighted by molar-refractivity contribution is 6.03. The van der Waals surface area contributed by atoms with Crippen LogP contribution >= 0.6 is 0 Å². The molecule has 0 fully saturated rings. The molecule has 162 valence electrons. The third-order valence-electron chi connectivity index (χ3n) is 5.34. The minimum Gasteiger partial charge on any atom is -0.482 e. The van der Waals surface area contributed by atoms with E-state index in [0.29, 0.717) is 22.7 Å². The van der Waals surface area contributed by atoms with Gasteiger partial charge >= 0.3 is 0 Å². The molecule has 0 unspecified atom stereocenters. The van der Waals surface area contributed by atoms with Crippen molar-refractivity contribution in [1.82, 2.24) is 4.98 Å². The highest BCUT2D eigenvalue weighted by Gasteiger charge is 2.23. The summed E-state index contributed by atoms with van der Waals surface area (Å²) in [7, 11) is 1.65. The van der Waals surface area contributed by atoms with Gasteiger partial charge in [0.05, 0.1) is 5.69 Å². The molecule has 1 aliphatic rings. The Kier molecular flexibility index (Phi) is 6.26. The summed E-state index contributed by atoms with van der Waals surface area (Å²) in [6, 6.07) is 16.6. The van der Waals surface area contributed by atoms with Gasteiger partial charge in [-0.05, 0) is 60.0 Å². The Morgan fingerprint density at radius 3 is 2.47 bits per heavy atom. The summed E-state index contributed by atoms with van der Waals surface area (Å²) >= 11 is 0. The second-order valence-corrected chi connectivity index (χ2v) is 7.62. The van der Waals surface area contributed by atoms with Crippen LogP contribution in [0.1, 0.15) is 34.3 Å². The summed E-state index contributed by atoms with van der Waals surface area (Å²) in [5.41, 5.74) is 3.99. The van der Waals surface area contributed by atoms with Crippen molar-refractivity contribution >= 4 is 29.0 Å². The first kappa shape index (κ1) is 21.2. The Hall–Kier alpha value is -4.00. The lowest BCUT2D eigenvalue weighted by Gasteiger charge is -2.26. The smallest absolute Gasteiger partial charge is 0.264 e. The fraction of sp³-hybridized carbons (Fsp3) is 0.200. The van der Waals surface area contributed by atoms with Gasteiger partial charge in [-0.2, -0.15) is 0 Å². The number of hydrogen-bond donors (Lipinski definition) is 1. The molecule has 1 aliphatic heterocycles. The van der Waals surface area contributed by atoms with E-state index < -0.39 is 0 Å². The fourth-order valence-corrected chi connectivity index (χ4v) is 3.48. The SMILES string of the molecule is CN1C(=O)COc2ccc(C(=O)CCC(=O)Nc3ccc(Cc4ccncc4)cc3)cc21. The van der Waals surface area contributed by atoms with Crippen molar-refractivity contribution in [3.63, 3.8) is 0 Å². The van der Waals surface area contributed by atoms with Gasteiger partial charge in [0.15, 0.2) is 12.4 Å². The van der Waals surface area contributed by atoms with E-state index in [0.717, 1.165) is 12.0 Å². The lowest BCUT2D eigenvalue weighted by molar-refractivity contribution is -0.121. The molecule has 1 N–H and O–H groups in total. The first-order chi connectivity index (χ1) is 15.5. The number of likely N-dealkylation sites (N-methyl/N-ethyl adjacent to an activating group) is 1. The number of ether oxygens (including phenoxy) is 1. The standard InChI is InChI=1S/C25H23N3O4/c1-28-21-15-19(4-8-23(21)32-16-25(28)31)22(29)7-9-24(30)27-20-5-2-17(3-6-20)14-18-10-12-26-13-11-18/h2-6,8,10-13,15H,7,9,14,16H2,1H3,(H,27,30). The number of aromatic nitrogens is 1. The lowest BCUT2D eigenvalue weighted by atomic mass is 10.0. The molecule has 2 amide bonds. The van der Waals surface area contributed by atoms with Gasteiger partial charge in [-0.1, -0.05) is 12.1 Å². The van der Waals surface area contributed by atoms with Crippen LogP contribution in [0.3, 0.4) is 0 Å². The predicted octanol–water partition coefficient (Wildman–Crippen LogP) is 3.63. The number of amides is 2. The van der Waals surface area contributed by atoms with Crippen LogP contribution in [0.4, 0.5) is 11.4 Å². The molecule has 0 radical (unpaired) electrons. The number of carbonyl (C=O) groups excluding carboxylic acids is 3. The number of rotatable bonds is 7. The zero-order chi connectivity index (χ0) is 22.5. The number of anilines is 2. The molecular weight excluding hydrogens is 406 g/mol. The fourth-order valence-electron chi connectivity index (χ4n) is 3.48. The largest absolute Gasteiger partial charge is 0.482 e. The summed E-state index contributed by atoms with van der Waals surface area (Å²) in [6.45, 7) is -0.0122. The third-order valence-corrected chi connectivity index (χ3v) is 5.34. The average Bonchev–Trinajstić information content (AvgIpc) is 2.82. The van der Waals surface area contributed by atoms with Crippen molar-refractivity contribution in [2.24, 2.45) is 0 Å². The maximum absolute atomic E-state index is 12.6. The lowest BCUT2D eigenvalue weighted by Crippen LogP contribution is -2.35. The van der Waals surface area contributed by atoms with E-state index in [1.54, 1.807) is 37.6 Å². The molecule has 2 heterocycles. The number of nitrogens with zero attached hydrogens (tertiary/aromatic N) is 2. The van der Waals surface area contributed by atoms with Crippen LogP contribution in [0.25, 0.3) is 0 Å². The number of hydrogen-bond acceptors (Lipinski definition) is 5. The van der Waals surface area contributed by atoms with Crippen LogP contribution in [0, 0.1) is 0 Å². The van der Waals surface area contributed by atoms with Gasteiger partial charge in [0.25, 0.3) is 5.91 Å². The molecule has 4 rings (SSSR count). The molecule has 2 aromatic carbocycles. The Balaban J connectivity index is 1.30. The molecule has 0 bridgehead atoms. The van der Waals surface area contributed by atoms with Gasteiger partial charge in [-0.15, -0.1) is 0 Å². The van der Waals surface area contributed by atoms with Gasteiger partial charge in [0, 0.05) is 43.5 Å². The normalized spacial score (nSPS) is 12.7. The second kappa shape index (κ2) is 9.43. The molecule has 0 spiro atoms. The summed E-state index contributed by atoms with van der Waals surface area (Å²) in [5, 5.41) is 2.83. The number of pyridine rings is 1. The van der Waals surface area contributed by atoms with Crippen molar-refractivity contribution in [3.8, 4) is 5.75 Å². The van der Waals surface area contributed by atoms with Gasteiger partial charge in [0.2, 0.25) is 5.91 Å². The van der Waals surface area contributed by atoms with E-state index in [4.69, 9.17) is 4.74 Å². The Labute approximate surface area is 186 Å². The van der Waals surface area contributed by atoms with Crippen LogP contribution in [0.2, 0.25) is 0 Å². The van der Waals surface area contributed by atoms with Crippen molar-refractivity contribution in [1.29, 1.82) is 0 Å². The molecule has 32 heavy (non-hydrogen) atoms. The molecule has 3 aromatic rings. The van der Waals surface area contributed by atoms with E-state index >= 15 is 0 Å². The zero-order valence-electron chi connectivity index (χ0n) is 17.7. The van der Waals surface area contributed by atoms with Crippen LogP contribution in [-0.2, 0) is 16.0 Å². The van der Waals surface area contributed by atoms with E-state index in [1.807, 2.05) is 36.4 Å². The number of nitrogens with one attached hydrogen (secondary N) is 1. The van der Waals surface area contributed by atoms with Crippen molar-refractivity contribution in [2.75, 3.05) is 23.9 Å². The van der Waals surface area contributed by atoms with Gasteiger partial charge in [-0.25, -0.2) is 0 Å². The zero-order valence-corrected chi connectivity index (χ0v) is 17.7. The maximum atomic E-state index is 12.6. The highest BCUT2D eigenvalue weighted by Crippen LogP contribution is 2.32. The average molecular weight is 429 g/mol. The molecule has 0 saturated carbocycles. The van der Waals surface area contributed by atoms with Gasteiger partial charge < -0.3 is 15.0 Å². The molecule has 0 atom stereocenters. The van der Waals surface area contributed by atoms with Crippen molar-refractivity contribution < 1.29 is 19.1 Å². The summed E-state index contributed by atoms with van der Waals surface area (Å²) in [6.07, 6.45) is 4.46. The Morgan fingerprint density at radius 1 is 1.00 bits per heavy atom. The predicted molar refractivity (Wildman–Crippen MR) is 121 cm³/mol. The number of ketones is 1. The number of Topliss-reactive ketones (excluding diaryl/α,β-unsaturated/α-hetero) is 1. The number of carbonyl (C=O) groups is 3. The first-order valence-electron chi connectivity index (χ1n) is 10.3.